The topological polar surface area (TPSA) is 43.4 Å². The number of halogens is 2. The van der Waals surface area contributed by atoms with Gasteiger partial charge in [-0.2, -0.15) is 8.42 Å². The molecule has 2 aromatic carbocycles. The Hall–Kier alpha value is -1.23. The van der Waals surface area contributed by atoms with Crippen molar-refractivity contribution in [3.8, 4) is 11.5 Å². The molecule has 3 nitrogen and oxygen atoms in total. The van der Waals surface area contributed by atoms with Crippen molar-refractivity contribution in [3.63, 3.8) is 0 Å². The number of hydrogen-bond donors (Lipinski definition) is 0. The van der Waals surface area contributed by atoms with Crippen LogP contribution in [0, 0.1) is 0 Å². The Morgan fingerprint density at radius 1 is 0.722 bits per heavy atom. The van der Waals surface area contributed by atoms with Gasteiger partial charge in [0.1, 0.15) is 11.5 Å². The summed E-state index contributed by atoms with van der Waals surface area (Å²) in [5, 5.41) is 0. The summed E-state index contributed by atoms with van der Waals surface area (Å²) in [5.74, 6) is 1.74. The van der Waals surface area contributed by atoms with E-state index in [4.69, 9.17) is 13.2 Å². The molecule has 0 saturated heterocycles. The zero-order valence-corrected chi connectivity index (χ0v) is 11.5. The summed E-state index contributed by atoms with van der Waals surface area (Å²) >= 11 is 0. The summed E-state index contributed by atoms with van der Waals surface area (Å²) < 4.78 is 23.9. The summed E-state index contributed by atoms with van der Waals surface area (Å²) in [7, 11) is 4.81. The van der Waals surface area contributed by atoms with Crippen LogP contribution in [0.1, 0.15) is 0 Å². The van der Waals surface area contributed by atoms with Crippen molar-refractivity contribution in [2.24, 2.45) is 0 Å². The molecule has 0 aliphatic carbocycles. The fourth-order valence-electron chi connectivity index (χ4n) is 1.11. The summed E-state index contributed by atoms with van der Waals surface area (Å²) in [4.78, 5) is 0. The molecule has 2 rings (SSSR count). The highest BCUT2D eigenvalue weighted by atomic mass is 36.0. The zero-order valence-electron chi connectivity index (χ0n) is 9.16. The van der Waals surface area contributed by atoms with E-state index in [9.17, 15) is 0 Å². The predicted octanol–water partition coefficient (Wildman–Crippen LogP) is 4.19. The summed E-state index contributed by atoms with van der Waals surface area (Å²) in [6.07, 6.45) is 0. The van der Waals surface area contributed by atoms with Crippen LogP contribution in [0.5, 0.6) is 11.5 Å². The Morgan fingerprint density at radius 3 is 1.28 bits per heavy atom. The zero-order chi connectivity index (χ0) is 13.4. The second kappa shape index (κ2) is 7.26. The molecular formula is C12H10Cl2O3S. The van der Waals surface area contributed by atoms with Crippen LogP contribution in [0.4, 0.5) is 0 Å². The fourth-order valence-corrected chi connectivity index (χ4v) is 1.11. The van der Waals surface area contributed by atoms with Gasteiger partial charge in [0.25, 0.3) is 0 Å². The lowest BCUT2D eigenvalue weighted by atomic mass is 10.3. The van der Waals surface area contributed by atoms with Gasteiger partial charge >= 0.3 is 8.26 Å². The van der Waals surface area contributed by atoms with Crippen LogP contribution in [-0.2, 0) is 8.26 Å². The molecule has 0 radical (unpaired) electrons. The highest BCUT2D eigenvalue weighted by molar-refractivity contribution is 8.31. The molecule has 0 N–H and O–H groups in total. The SMILES string of the molecule is O=S(=O)(Cl)Cl.c1ccc(Oc2ccccc2)cc1. The lowest BCUT2D eigenvalue weighted by Crippen LogP contribution is -1.81. The third-order valence-electron chi connectivity index (χ3n) is 1.72. The molecule has 0 unspecified atom stereocenters. The van der Waals surface area contributed by atoms with Gasteiger partial charge in [-0.05, 0) is 24.3 Å². The first-order chi connectivity index (χ1) is 8.45. The highest BCUT2D eigenvalue weighted by Gasteiger charge is 1.92. The molecule has 0 atom stereocenters. The first kappa shape index (κ1) is 14.8. The lowest BCUT2D eigenvalue weighted by Gasteiger charge is -2.03. The number of hydrogen-bond acceptors (Lipinski definition) is 3. The van der Waals surface area contributed by atoms with Crippen molar-refractivity contribution in [2.75, 3.05) is 0 Å². The van der Waals surface area contributed by atoms with E-state index in [-0.39, 0.29) is 0 Å². The van der Waals surface area contributed by atoms with E-state index in [0.29, 0.717) is 0 Å². The molecule has 0 amide bonds. The van der Waals surface area contributed by atoms with Crippen LogP contribution in [0.2, 0.25) is 0 Å². The van der Waals surface area contributed by atoms with Crippen LogP contribution < -0.4 is 4.74 Å². The summed E-state index contributed by atoms with van der Waals surface area (Å²) in [5.41, 5.74) is 0. The van der Waals surface area contributed by atoms with Crippen LogP contribution in [0.15, 0.2) is 60.7 Å². The largest absolute Gasteiger partial charge is 0.457 e. The van der Waals surface area contributed by atoms with Gasteiger partial charge in [0.2, 0.25) is 0 Å². The van der Waals surface area contributed by atoms with Crippen LogP contribution in [0.25, 0.3) is 0 Å². The molecule has 0 aliphatic heterocycles. The average molecular weight is 305 g/mol. The van der Waals surface area contributed by atoms with Crippen molar-refractivity contribution in [1.82, 2.24) is 0 Å². The molecule has 0 bridgehead atoms. The normalized spacial score (nSPS) is 10.1. The quantitative estimate of drug-likeness (QED) is 0.781. The van der Waals surface area contributed by atoms with Gasteiger partial charge in [-0.25, -0.2) is 0 Å². The molecule has 0 aromatic heterocycles. The molecule has 6 heteroatoms. The van der Waals surface area contributed by atoms with E-state index in [0.717, 1.165) is 11.5 Å². The Balaban J connectivity index is 0.000000280. The maximum absolute atomic E-state index is 9.16. The van der Waals surface area contributed by atoms with E-state index in [1.165, 1.54) is 0 Å². The van der Waals surface area contributed by atoms with Gasteiger partial charge < -0.3 is 4.74 Å². The van der Waals surface area contributed by atoms with Crippen LogP contribution in [0.3, 0.4) is 0 Å². The van der Waals surface area contributed by atoms with E-state index >= 15 is 0 Å². The van der Waals surface area contributed by atoms with Gasteiger partial charge in [0.05, 0.1) is 0 Å². The Bertz CT molecular complexity index is 511. The molecule has 0 spiro atoms. The number of benzene rings is 2. The predicted molar refractivity (Wildman–Crippen MR) is 73.6 cm³/mol. The van der Waals surface area contributed by atoms with Crippen molar-refractivity contribution >= 4 is 29.6 Å². The second-order valence-corrected chi connectivity index (χ2v) is 6.77. The first-order valence-electron chi connectivity index (χ1n) is 4.87. The smallest absolute Gasteiger partial charge is 0.317 e. The molecule has 18 heavy (non-hydrogen) atoms. The minimum atomic E-state index is -3.72. The third kappa shape index (κ3) is 7.95. The number of para-hydroxylation sites is 2. The summed E-state index contributed by atoms with van der Waals surface area (Å²) in [6.45, 7) is 0. The minimum absolute atomic E-state index is 0.869. The maximum Gasteiger partial charge on any atom is 0.317 e. The van der Waals surface area contributed by atoms with Crippen LogP contribution >= 0.6 is 21.4 Å². The average Bonchev–Trinajstić information content (AvgIpc) is 2.29. The van der Waals surface area contributed by atoms with Crippen molar-refractivity contribution < 1.29 is 13.2 Å². The molecule has 0 heterocycles. The Morgan fingerprint density at radius 2 is 1.00 bits per heavy atom. The van der Waals surface area contributed by atoms with Gasteiger partial charge in [-0.15, -0.1) is 0 Å². The van der Waals surface area contributed by atoms with Gasteiger partial charge in [0.15, 0.2) is 0 Å². The third-order valence-corrected chi connectivity index (χ3v) is 1.72. The Labute approximate surface area is 115 Å². The minimum Gasteiger partial charge on any atom is -0.457 e. The Kier molecular flexibility index (Phi) is 5.98. The molecular weight excluding hydrogens is 295 g/mol. The van der Waals surface area contributed by atoms with Gasteiger partial charge in [0, 0.05) is 21.4 Å². The van der Waals surface area contributed by atoms with Gasteiger partial charge in [-0.3, -0.25) is 0 Å². The monoisotopic (exact) mass is 304 g/mol. The first-order valence-corrected chi connectivity index (χ1v) is 8.01. The van der Waals surface area contributed by atoms with E-state index in [1.807, 2.05) is 60.7 Å². The molecule has 0 saturated carbocycles. The van der Waals surface area contributed by atoms with Crippen molar-refractivity contribution in [2.45, 2.75) is 0 Å². The number of ether oxygens (including phenoxy) is 1. The van der Waals surface area contributed by atoms with Crippen molar-refractivity contribution in [1.29, 1.82) is 0 Å². The maximum atomic E-state index is 9.16. The van der Waals surface area contributed by atoms with E-state index < -0.39 is 8.26 Å². The lowest BCUT2D eigenvalue weighted by molar-refractivity contribution is 0.482. The molecule has 0 aliphatic rings. The van der Waals surface area contributed by atoms with Gasteiger partial charge in [-0.1, -0.05) is 36.4 Å². The highest BCUT2D eigenvalue weighted by Crippen LogP contribution is 2.19. The summed E-state index contributed by atoms with van der Waals surface area (Å²) in [6, 6.07) is 19.5. The molecule has 96 valence electrons. The van der Waals surface area contributed by atoms with E-state index in [2.05, 4.69) is 21.4 Å². The second-order valence-electron chi connectivity index (χ2n) is 3.11. The molecule has 0 fully saturated rings. The fraction of sp³-hybridized carbons (Fsp3) is 0. The standard InChI is InChI=1S/C12H10O.Cl2O2S/c1-3-7-11(8-4-1)13-12-9-5-2-6-10-12;1-5(2,3)4/h1-10H;. The van der Waals surface area contributed by atoms with Crippen molar-refractivity contribution in [3.05, 3.63) is 60.7 Å². The number of rotatable bonds is 2. The van der Waals surface area contributed by atoms with E-state index in [1.54, 1.807) is 0 Å². The van der Waals surface area contributed by atoms with Crippen LogP contribution in [-0.4, -0.2) is 8.42 Å². The molecule has 2 aromatic rings.